The summed E-state index contributed by atoms with van der Waals surface area (Å²) in [7, 11) is 0. The fourth-order valence-corrected chi connectivity index (χ4v) is 3.92. The molecule has 20 heavy (non-hydrogen) atoms. The van der Waals surface area contributed by atoms with Crippen LogP contribution in [0.2, 0.25) is 5.02 Å². The Labute approximate surface area is 130 Å². The molecule has 0 bridgehead atoms. The van der Waals surface area contributed by atoms with Gasteiger partial charge in [0.2, 0.25) is 0 Å². The fraction of sp³-hybridized carbons (Fsp3) is 0.412. The molecule has 0 aliphatic heterocycles. The van der Waals surface area contributed by atoms with Gasteiger partial charge in [0.15, 0.2) is 0 Å². The zero-order chi connectivity index (χ0) is 13.9. The maximum Gasteiger partial charge on any atom is 0.0406 e. The van der Waals surface area contributed by atoms with Crippen LogP contribution in [0.3, 0.4) is 0 Å². The number of hydrogen-bond donors (Lipinski definition) is 1. The number of nitrogens with one attached hydrogen (secondary N) is 1. The van der Waals surface area contributed by atoms with E-state index in [0.717, 1.165) is 18.0 Å². The number of thiophene rings is 1. The molecule has 0 saturated heterocycles. The zero-order valence-electron chi connectivity index (χ0n) is 11.7. The average Bonchev–Trinajstić information content (AvgIpc) is 2.86. The Balaban J connectivity index is 1.48. The summed E-state index contributed by atoms with van der Waals surface area (Å²) in [6, 6.07) is 11.2. The van der Waals surface area contributed by atoms with Crippen LogP contribution in [-0.2, 0) is 13.0 Å². The third-order valence-electron chi connectivity index (χ3n) is 4.25. The molecule has 1 saturated carbocycles. The highest BCUT2D eigenvalue weighted by molar-refractivity contribution is 7.10. The van der Waals surface area contributed by atoms with Gasteiger partial charge in [0.25, 0.3) is 0 Å². The summed E-state index contributed by atoms with van der Waals surface area (Å²) in [5.41, 5.74) is 2.92. The molecule has 0 radical (unpaired) electrons. The summed E-state index contributed by atoms with van der Waals surface area (Å²) >= 11 is 7.80. The first-order chi connectivity index (χ1) is 9.76. The maximum atomic E-state index is 5.93. The Morgan fingerprint density at radius 1 is 1.20 bits per heavy atom. The highest BCUT2D eigenvalue weighted by Crippen LogP contribution is 2.37. The Hall–Kier alpha value is -0.830. The lowest BCUT2D eigenvalue weighted by Crippen LogP contribution is -2.39. The van der Waals surface area contributed by atoms with Crippen molar-refractivity contribution in [3.8, 4) is 0 Å². The fourth-order valence-electron chi connectivity index (χ4n) is 2.87. The molecule has 1 fully saturated rings. The second kappa shape index (κ2) is 6.30. The molecule has 3 rings (SSSR count). The van der Waals surface area contributed by atoms with Crippen molar-refractivity contribution < 1.29 is 0 Å². The Bertz CT molecular complexity index is 555. The summed E-state index contributed by atoms with van der Waals surface area (Å²) < 4.78 is 0. The van der Waals surface area contributed by atoms with E-state index in [1.165, 1.54) is 28.8 Å². The molecule has 1 aromatic carbocycles. The van der Waals surface area contributed by atoms with Crippen LogP contribution in [-0.4, -0.2) is 6.04 Å². The van der Waals surface area contributed by atoms with E-state index >= 15 is 0 Å². The van der Waals surface area contributed by atoms with E-state index in [0.29, 0.717) is 12.0 Å². The van der Waals surface area contributed by atoms with Gasteiger partial charge in [0.1, 0.15) is 0 Å². The van der Waals surface area contributed by atoms with Crippen molar-refractivity contribution in [1.29, 1.82) is 0 Å². The Morgan fingerprint density at radius 3 is 2.65 bits per heavy atom. The average molecular weight is 306 g/mol. The van der Waals surface area contributed by atoms with Crippen LogP contribution in [0.1, 0.15) is 41.7 Å². The van der Waals surface area contributed by atoms with Crippen LogP contribution in [0.25, 0.3) is 0 Å². The van der Waals surface area contributed by atoms with Gasteiger partial charge in [-0.15, -0.1) is 11.3 Å². The monoisotopic (exact) mass is 305 g/mol. The van der Waals surface area contributed by atoms with Gasteiger partial charge in [-0.05, 0) is 59.9 Å². The number of halogens is 1. The summed E-state index contributed by atoms with van der Waals surface area (Å²) in [6.45, 7) is 3.25. The van der Waals surface area contributed by atoms with Crippen molar-refractivity contribution >= 4 is 22.9 Å². The first kappa shape index (κ1) is 14.1. The molecule has 1 aliphatic carbocycles. The van der Waals surface area contributed by atoms with Gasteiger partial charge < -0.3 is 5.32 Å². The van der Waals surface area contributed by atoms with Gasteiger partial charge in [-0.2, -0.15) is 0 Å². The molecule has 2 aromatic rings. The van der Waals surface area contributed by atoms with Gasteiger partial charge in [-0.3, -0.25) is 0 Å². The van der Waals surface area contributed by atoms with Crippen molar-refractivity contribution in [2.24, 2.45) is 0 Å². The van der Waals surface area contributed by atoms with Crippen LogP contribution < -0.4 is 5.32 Å². The number of aryl methyl sites for hydroxylation is 1. The minimum atomic E-state index is 0.669. The highest BCUT2D eigenvalue weighted by atomic mass is 35.5. The van der Waals surface area contributed by atoms with E-state index in [4.69, 9.17) is 11.6 Å². The van der Waals surface area contributed by atoms with Gasteiger partial charge >= 0.3 is 0 Å². The van der Waals surface area contributed by atoms with E-state index < -0.39 is 0 Å². The number of benzene rings is 1. The molecule has 1 nitrogen and oxygen atoms in total. The molecular formula is C17H20ClNS. The quantitative estimate of drug-likeness (QED) is 0.819. The van der Waals surface area contributed by atoms with E-state index in [1.54, 1.807) is 0 Å². The second-order valence-corrected chi connectivity index (χ2v) is 6.96. The Kier molecular flexibility index (Phi) is 4.45. The summed E-state index contributed by atoms with van der Waals surface area (Å²) in [5.74, 6) is 0.707. The first-order valence-corrected chi connectivity index (χ1v) is 8.56. The minimum absolute atomic E-state index is 0.669. The van der Waals surface area contributed by atoms with E-state index in [2.05, 4.69) is 35.8 Å². The van der Waals surface area contributed by atoms with Crippen molar-refractivity contribution in [3.05, 3.63) is 56.7 Å². The molecule has 1 aliphatic rings. The van der Waals surface area contributed by atoms with Crippen LogP contribution in [0.5, 0.6) is 0 Å². The SMILES string of the molecule is CCc1ccsc1CNC1CC(c2ccc(Cl)cc2)C1. The van der Waals surface area contributed by atoms with E-state index in [-0.39, 0.29) is 0 Å². The topological polar surface area (TPSA) is 12.0 Å². The van der Waals surface area contributed by atoms with Crippen LogP contribution in [0, 0.1) is 0 Å². The summed E-state index contributed by atoms with van der Waals surface area (Å²) in [5, 5.41) is 6.72. The molecule has 0 unspecified atom stereocenters. The molecular weight excluding hydrogens is 286 g/mol. The van der Waals surface area contributed by atoms with Crippen molar-refractivity contribution in [2.75, 3.05) is 0 Å². The lowest BCUT2D eigenvalue weighted by Gasteiger charge is -2.36. The first-order valence-electron chi connectivity index (χ1n) is 7.30. The number of rotatable bonds is 5. The Morgan fingerprint density at radius 2 is 1.95 bits per heavy atom. The molecule has 0 spiro atoms. The normalized spacial score (nSPS) is 21.7. The van der Waals surface area contributed by atoms with Gasteiger partial charge in [0.05, 0.1) is 0 Å². The molecule has 0 atom stereocenters. The third-order valence-corrected chi connectivity index (χ3v) is 5.46. The van der Waals surface area contributed by atoms with Gasteiger partial charge in [-0.25, -0.2) is 0 Å². The molecule has 106 valence electrons. The zero-order valence-corrected chi connectivity index (χ0v) is 13.3. The molecule has 0 amide bonds. The lowest BCUT2D eigenvalue weighted by atomic mass is 9.76. The summed E-state index contributed by atoms with van der Waals surface area (Å²) in [6.07, 6.45) is 3.63. The molecule has 3 heteroatoms. The molecule has 1 N–H and O–H groups in total. The molecule has 1 heterocycles. The van der Waals surface area contributed by atoms with Gasteiger partial charge in [-0.1, -0.05) is 30.7 Å². The van der Waals surface area contributed by atoms with E-state index in [9.17, 15) is 0 Å². The van der Waals surface area contributed by atoms with Crippen LogP contribution in [0.4, 0.5) is 0 Å². The van der Waals surface area contributed by atoms with E-state index in [1.807, 2.05) is 23.5 Å². The largest absolute Gasteiger partial charge is 0.309 e. The highest BCUT2D eigenvalue weighted by Gasteiger charge is 2.29. The molecule has 1 aromatic heterocycles. The predicted octanol–water partition coefficient (Wildman–Crippen LogP) is 5.00. The second-order valence-electron chi connectivity index (χ2n) is 5.52. The van der Waals surface area contributed by atoms with Crippen LogP contribution in [0.15, 0.2) is 35.7 Å². The standard InChI is InChI=1S/C17H20ClNS/c1-2-12-7-8-20-17(12)11-19-16-9-14(10-16)13-3-5-15(18)6-4-13/h3-8,14,16,19H,2,9-11H2,1H3. The minimum Gasteiger partial charge on any atom is -0.309 e. The smallest absolute Gasteiger partial charge is 0.0406 e. The van der Waals surface area contributed by atoms with Crippen LogP contribution >= 0.6 is 22.9 Å². The third kappa shape index (κ3) is 3.08. The van der Waals surface area contributed by atoms with Crippen molar-refractivity contribution in [1.82, 2.24) is 5.32 Å². The lowest BCUT2D eigenvalue weighted by molar-refractivity contribution is 0.290. The van der Waals surface area contributed by atoms with Crippen molar-refractivity contribution in [2.45, 2.75) is 44.7 Å². The predicted molar refractivity (Wildman–Crippen MR) is 87.8 cm³/mol. The van der Waals surface area contributed by atoms with Crippen molar-refractivity contribution in [3.63, 3.8) is 0 Å². The number of hydrogen-bond acceptors (Lipinski definition) is 2. The summed E-state index contributed by atoms with van der Waals surface area (Å²) in [4.78, 5) is 1.50. The van der Waals surface area contributed by atoms with Gasteiger partial charge in [0, 0.05) is 22.5 Å². The maximum absolute atomic E-state index is 5.93.